The smallest absolute Gasteiger partial charge is 0.306 e. The Balaban J connectivity index is 0.959. The summed E-state index contributed by atoms with van der Waals surface area (Å²) in [5, 5.41) is 0. The molecule has 9 unspecified atom stereocenters. The van der Waals surface area contributed by atoms with E-state index in [9.17, 15) is 4.79 Å². The van der Waals surface area contributed by atoms with Gasteiger partial charge in [-0.15, -0.1) is 0 Å². The van der Waals surface area contributed by atoms with E-state index in [0.29, 0.717) is 17.3 Å². The first kappa shape index (κ1) is 51.8. The Morgan fingerprint density at radius 1 is 0.617 bits per heavy atom. The molecule has 0 aromatic rings. The highest BCUT2D eigenvalue weighted by molar-refractivity contribution is 5.69. The summed E-state index contributed by atoms with van der Waals surface area (Å²) >= 11 is 0. The first-order valence-electron chi connectivity index (χ1n) is 28.0. The van der Waals surface area contributed by atoms with E-state index in [4.69, 9.17) is 4.74 Å². The Hall–Kier alpha value is -0.790. The number of unbranched alkanes of at least 4 members (excludes halogenated alkanes) is 25. The molecule has 0 saturated heterocycles. The van der Waals surface area contributed by atoms with Crippen LogP contribution in [0.5, 0.6) is 0 Å². The van der Waals surface area contributed by atoms with Crippen LogP contribution in [0.1, 0.15) is 292 Å². The van der Waals surface area contributed by atoms with Gasteiger partial charge in [-0.25, -0.2) is 0 Å². The van der Waals surface area contributed by atoms with Gasteiger partial charge in [0.15, 0.2) is 0 Å². The van der Waals surface area contributed by atoms with Gasteiger partial charge in [0.1, 0.15) is 6.10 Å². The molecule has 60 heavy (non-hydrogen) atoms. The fourth-order valence-electron chi connectivity index (χ4n) is 14.2. The van der Waals surface area contributed by atoms with Crippen molar-refractivity contribution in [3.05, 3.63) is 11.6 Å². The van der Waals surface area contributed by atoms with E-state index in [-0.39, 0.29) is 12.1 Å². The second-order valence-electron chi connectivity index (χ2n) is 22.9. The zero-order valence-corrected chi connectivity index (χ0v) is 41.9. The maximum Gasteiger partial charge on any atom is 0.306 e. The fraction of sp³-hybridized carbons (Fsp3) is 0.948. The first-order valence-corrected chi connectivity index (χ1v) is 28.0. The largest absolute Gasteiger partial charge is 0.462 e. The highest BCUT2D eigenvalue weighted by atomic mass is 16.5. The predicted molar refractivity (Wildman–Crippen MR) is 262 cm³/mol. The summed E-state index contributed by atoms with van der Waals surface area (Å²) in [6.07, 6.45) is 54.6. The Bertz CT molecular complexity index is 1150. The SMILES string of the molecule is CCCCCCCCCCCCCCCCCCCCCCCCCCCCC(=O)OC1CCC2(C)C(=CCC3C2CCC2(C)C(C(C)CCC(CC)C(C)C)CCC32)C1. The number of esters is 1. The lowest BCUT2D eigenvalue weighted by Gasteiger charge is -2.58. The molecule has 0 bridgehead atoms. The van der Waals surface area contributed by atoms with Crippen molar-refractivity contribution in [3.8, 4) is 0 Å². The van der Waals surface area contributed by atoms with Crippen molar-refractivity contribution >= 4 is 5.97 Å². The number of rotatable bonds is 34. The molecular weight excluding hydrogens is 729 g/mol. The summed E-state index contributed by atoms with van der Waals surface area (Å²) in [6.45, 7) is 17.5. The van der Waals surface area contributed by atoms with Crippen LogP contribution in [0.2, 0.25) is 0 Å². The molecule has 4 rings (SSSR count). The van der Waals surface area contributed by atoms with Gasteiger partial charge in [-0.3, -0.25) is 4.79 Å². The average molecular weight is 835 g/mol. The molecule has 0 heterocycles. The second kappa shape index (κ2) is 28.9. The molecule has 2 nitrogen and oxygen atoms in total. The van der Waals surface area contributed by atoms with Crippen LogP contribution in [0.3, 0.4) is 0 Å². The van der Waals surface area contributed by atoms with Gasteiger partial charge in [-0.2, -0.15) is 0 Å². The van der Waals surface area contributed by atoms with E-state index >= 15 is 0 Å². The lowest BCUT2D eigenvalue weighted by Crippen LogP contribution is -2.51. The molecule has 9 atom stereocenters. The molecule has 350 valence electrons. The van der Waals surface area contributed by atoms with Crippen molar-refractivity contribution in [2.45, 2.75) is 299 Å². The third-order valence-electron chi connectivity index (χ3n) is 18.3. The standard InChI is InChI=1S/C58H106O2/c1-8-10-11-12-13-14-15-16-17-18-19-20-21-22-23-24-25-26-27-28-29-30-31-32-33-34-35-56(59)60-51-42-44-57(6)50(46-51)38-39-52-54-41-40-53(58(54,7)45-43-55(52)57)48(5)36-37-49(9-2)47(3)4/h38,47-49,51-55H,8-37,39-46H2,1-7H3. The van der Waals surface area contributed by atoms with Crippen molar-refractivity contribution in [3.63, 3.8) is 0 Å². The monoisotopic (exact) mass is 835 g/mol. The Labute approximate surface area is 376 Å². The molecule has 3 fully saturated rings. The highest BCUT2D eigenvalue weighted by Crippen LogP contribution is 2.67. The number of ether oxygens (including phenoxy) is 1. The van der Waals surface area contributed by atoms with E-state index in [1.807, 2.05) is 0 Å². The number of carbonyl (C=O) groups is 1. The lowest BCUT2D eigenvalue weighted by atomic mass is 9.47. The first-order chi connectivity index (χ1) is 29.1. The Kier molecular flexibility index (Phi) is 25.0. The lowest BCUT2D eigenvalue weighted by molar-refractivity contribution is -0.151. The molecule has 4 aliphatic carbocycles. The molecular formula is C58H106O2. The molecule has 0 aromatic heterocycles. The van der Waals surface area contributed by atoms with Crippen molar-refractivity contribution in [2.75, 3.05) is 0 Å². The van der Waals surface area contributed by atoms with Crippen LogP contribution in [0, 0.1) is 52.3 Å². The molecule has 0 aromatic carbocycles. The Morgan fingerprint density at radius 2 is 1.12 bits per heavy atom. The summed E-state index contributed by atoms with van der Waals surface area (Å²) in [4.78, 5) is 13.0. The third kappa shape index (κ3) is 16.6. The van der Waals surface area contributed by atoms with Gasteiger partial charge in [0.05, 0.1) is 0 Å². The van der Waals surface area contributed by atoms with Crippen LogP contribution >= 0.6 is 0 Å². The molecule has 0 spiro atoms. The van der Waals surface area contributed by atoms with E-state index in [1.54, 1.807) is 5.57 Å². The van der Waals surface area contributed by atoms with Gasteiger partial charge in [-0.1, -0.05) is 233 Å². The maximum absolute atomic E-state index is 13.0. The summed E-state index contributed by atoms with van der Waals surface area (Å²) < 4.78 is 6.19. The second-order valence-corrected chi connectivity index (χ2v) is 22.9. The number of fused-ring (bicyclic) bond motifs is 5. The van der Waals surface area contributed by atoms with E-state index in [2.05, 4.69) is 54.5 Å². The number of carbonyl (C=O) groups excluding carboxylic acids is 1. The van der Waals surface area contributed by atoms with Gasteiger partial charge in [-0.05, 0) is 110 Å². The van der Waals surface area contributed by atoms with E-state index in [1.165, 1.54) is 218 Å². The van der Waals surface area contributed by atoms with E-state index in [0.717, 1.165) is 60.7 Å². The minimum absolute atomic E-state index is 0.0698. The molecule has 2 heteroatoms. The van der Waals surface area contributed by atoms with Gasteiger partial charge >= 0.3 is 5.97 Å². The molecule has 3 saturated carbocycles. The molecule has 4 aliphatic rings. The Morgan fingerprint density at radius 3 is 1.60 bits per heavy atom. The van der Waals surface area contributed by atoms with Gasteiger partial charge < -0.3 is 4.74 Å². The van der Waals surface area contributed by atoms with Crippen LogP contribution in [-0.4, -0.2) is 12.1 Å². The van der Waals surface area contributed by atoms with Gasteiger partial charge in [0.2, 0.25) is 0 Å². The molecule has 0 radical (unpaired) electrons. The molecule has 0 amide bonds. The van der Waals surface area contributed by atoms with Crippen LogP contribution in [0.4, 0.5) is 0 Å². The normalized spacial score (nSPS) is 28.5. The molecule has 0 aliphatic heterocycles. The zero-order chi connectivity index (χ0) is 43.1. The van der Waals surface area contributed by atoms with Crippen LogP contribution in [0.25, 0.3) is 0 Å². The minimum Gasteiger partial charge on any atom is -0.462 e. The van der Waals surface area contributed by atoms with Crippen molar-refractivity contribution in [2.24, 2.45) is 52.3 Å². The topological polar surface area (TPSA) is 26.3 Å². The van der Waals surface area contributed by atoms with Crippen molar-refractivity contribution in [1.29, 1.82) is 0 Å². The van der Waals surface area contributed by atoms with Crippen LogP contribution in [0.15, 0.2) is 11.6 Å². The predicted octanol–water partition coefficient (Wildman–Crippen LogP) is 19.1. The van der Waals surface area contributed by atoms with Gasteiger partial charge in [0.25, 0.3) is 0 Å². The van der Waals surface area contributed by atoms with Crippen molar-refractivity contribution in [1.82, 2.24) is 0 Å². The summed E-state index contributed by atoms with van der Waals surface area (Å²) in [7, 11) is 0. The number of hydrogen-bond donors (Lipinski definition) is 0. The summed E-state index contributed by atoms with van der Waals surface area (Å²) in [5.74, 6) is 6.17. The number of hydrogen-bond acceptors (Lipinski definition) is 2. The summed E-state index contributed by atoms with van der Waals surface area (Å²) in [6, 6.07) is 0. The quantitative estimate of drug-likeness (QED) is 0.0367. The van der Waals surface area contributed by atoms with Crippen molar-refractivity contribution < 1.29 is 9.53 Å². The minimum atomic E-state index is 0.0698. The highest BCUT2D eigenvalue weighted by Gasteiger charge is 2.59. The number of allylic oxidation sites excluding steroid dienone is 1. The zero-order valence-electron chi connectivity index (χ0n) is 41.9. The molecule has 0 N–H and O–H groups in total. The van der Waals surface area contributed by atoms with Crippen LogP contribution in [-0.2, 0) is 9.53 Å². The average Bonchev–Trinajstić information content (AvgIpc) is 3.59. The fourth-order valence-corrected chi connectivity index (χ4v) is 14.2. The maximum atomic E-state index is 13.0. The third-order valence-corrected chi connectivity index (χ3v) is 18.3. The van der Waals surface area contributed by atoms with Gasteiger partial charge in [0, 0.05) is 12.8 Å². The van der Waals surface area contributed by atoms with E-state index < -0.39 is 0 Å². The van der Waals surface area contributed by atoms with Crippen LogP contribution < -0.4 is 0 Å². The summed E-state index contributed by atoms with van der Waals surface area (Å²) in [5.41, 5.74) is 2.52.